The average molecular weight is 361 g/mol. The molecule has 2 N–H and O–H groups in total. The number of amides is 2. The van der Waals surface area contributed by atoms with Crippen molar-refractivity contribution in [1.82, 2.24) is 14.7 Å². The predicted molar refractivity (Wildman–Crippen MR) is 97.7 cm³/mol. The van der Waals surface area contributed by atoms with E-state index in [1.165, 1.54) is 6.08 Å². The Hall–Kier alpha value is -2.60. The highest BCUT2D eigenvalue weighted by atomic mass is 35.5. The van der Waals surface area contributed by atoms with E-state index in [4.69, 9.17) is 17.3 Å². The third-order valence-corrected chi connectivity index (χ3v) is 4.19. The largest absolute Gasteiger partial charge is 0.370 e. The summed E-state index contributed by atoms with van der Waals surface area (Å²) in [4.78, 5) is 25.2. The van der Waals surface area contributed by atoms with Gasteiger partial charge in [0.2, 0.25) is 11.8 Å². The molecule has 2 amide bonds. The van der Waals surface area contributed by atoms with Crippen molar-refractivity contribution < 1.29 is 9.59 Å². The maximum Gasteiger partial charge on any atom is 0.246 e. The minimum atomic E-state index is -0.444. The Morgan fingerprint density at radius 3 is 2.56 bits per heavy atom. The number of primary amides is 1. The highest BCUT2D eigenvalue weighted by molar-refractivity contribution is 6.31. The molecule has 2 aromatic rings. The van der Waals surface area contributed by atoms with Crippen molar-refractivity contribution in [2.75, 3.05) is 6.54 Å². The Bertz CT molecular complexity index is 784. The first-order valence-corrected chi connectivity index (χ1v) is 8.24. The maximum atomic E-state index is 12.6. The second-order valence-electron chi connectivity index (χ2n) is 5.71. The fraction of sp³-hybridized carbons (Fsp3) is 0.278. The first-order valence-electron chi connectivity index (χ1n) is 7.86. The van der Waals surface area contributed by atoms with Crippen LogP contribution in [0, 0.1) is 6.92 Å². The number of aromatic nitrogens is 2. The van der Waals surface area contributed by atoms with Crippen molar-refractivity contribution in [3.63, 3.8) is 0 Å². The van der Waals surface area contributed by atoms with Crippen LogP contribution < -0.4 is 5.73 Å². The van der Waals surface area contributed by atoms with Gasteiger partial charge in [-0.15, -0.1) is 0 Å². The Morgan fingerprint density at radius 1 is 1.32 bits per heavy atom. The summed E-state index contributed by atoms with van der Waals surface area (Å²) in [5.74, 6) is -0.662. The molecule has 0 saturated carbocycles. The summed E-state index contributed by atoms with van der Waals surface area (Å²) >= 11 is 6.17. The summed E-state index contributed by atoms with van der Waals surface area (Å²) in [6, 6.07) is 9.57. The van der Waals surface area contributed by atoms with Crippen molar-refractivity contribution in [2.24, 2.45) is 12.8 Å². The summed E-state index contributed by atoms with van der Waals surface area (Å²) < 4.78 is 1.55. The average Bonchev–Trinajstić information content (AvgIpc) is 2.82. The molecule has 0 bridgehead atoms. The van der Waals surface area contributed by atoms with Crippen LogP contribution in [-0.2, 0) is 23.2 Å². The van der Waals surface area contributed by atoms with E-state index in [-0.39, 0.29) is 18.9 Å². The van der Waals surface area contributed by atoms with Crippen LogP contribution in [-0.4, -0.2) is 33.0 Å². The van der Waals surface area contributed by atoms with Gasteiger partial charge in [-0.05, 0) is 18.6 Å². The topological polar surface area (TPSA) is 81.2 Å². The second kappa shape index (κ2) is 8.48. The molecule has 7 heteroatoms. The number of carbonyl (C=O) groups is 2. The van der Waals surface area contributed by atoms with Gasteiger partial charge in [0.15, 0.2) is 0 Å². The predicted octanol–water partition coefficient (Wildman–Crippen LogP) is 2.30. The van der Waals surface area contributed by atoms with Crippen LogP contribution in [0.15, 0.2) is 36.4 Å². The fourth-order valence-electron chi connectivity index (χ4n) is 2.41. The standard InChI is InChI=1S/C18H21ClN4O2/c1-13-15(18(19)22(2)21-13)8-9-17(25)23(11-10-16(20)24)12-14-6-4-3-5-7-14/h3-9H,10-12H2,1-2H3,(H2,20,24)/b9-8+. The molecular weight excluding hydrogens is 340 g/mol. The highest BCUT2D eigenvalue weighted by Crippen LogP contribution is 2.20. The first-order chi connectivity index (χ1) is 11.9. The van der Waals surface area contributed by atoms with Gasteiger partial charge in [-0.2, -0.15) is 5.10 Å². The molecule has 1 aromatic heterocycles. The molecule has 0 radical (unpaired) electrons. The molecule has 0 spiro atoms. The van der Waals surface area contributed by atoms with Crippen LogP contribution in [0.25, 0.3) is 6.08 Å². The van der Waals surface area contributed by atoms with E-state index in [1.807, 2.05) is 37.3 Å². The van der Waals surface area contributed by atoms with Gasteiger partial charge in [0.25, 0.3) is 0 Å². The molecule has 6 nitrogen and oxygen atoms in total. The molecule has 1 heterocycles. The first kappa shape index (κ1) is 18.7. The number of aryl methyl sites for hydroxylation is 2. The molecular formula is C18H21ClN4O2. The zero-order chi connectivity index (χ0) is 18.4. The number of hydrogen-bond acceptors (Lipinski definition) is 3. The quantitative estimate of drug-likeness (QED) is 0.769. The van der Waals surface area contributed by atoms with Gasteiger partial charge in [-0.1, -0.05) is 41.9 Å². The van der Waals surface area contributed by atoms with E-state index >= 15 is 0 Å². The van der Waals surface area contributed by atoms with E-state index in [2.05, 4.69) is 5.10 Å². The monoisotopic (exact) mass is 360 g/mol. The lowest BCUT2D eigenvalue weighted by Crippen LogP contribution is -2.32. The molecule has 132 valence electrons. The van der Waals surface area contributed by atoms with Crippen molar-refractivity contribution in [1.29, 1.82) is 0 Å². The number of hydrogen-bond donors (Lipinski definition) is 1. The van der Waals surface area contributed by atoms with E-state index < -0.39 is 5.91 Å². The highest BCUT2D eigenvalue weighted by Gasteiger charge is 2.14. The minimum Gasteiger partial charge on any atom is -0.370 e. The van der Waals surface area contributed by atoms with Gasteiger partial charge in [-0.3, -0.25) is 14.3 Å². The van der Waals surface area contributed by atoms with Crippen molar-refractivity contribution in [2.45, 2.75) is 19.9 Å². The number of nitrogens with two attached hydrogens (primary N) is 1. The molecule has 1 aromatic carbocycles. The van der Waals surface area contributed by atoms with Crippen LogP contribution in [0.3, 0.4) is 0 Å². The van der Waals surface area contributed by atoms with Crippen molar-refractivity contribution in [3.8, 4) is 0 Å². The molecule has 0 atom stereocenters. The Kier molecular flexibility index (Phi) is 6.36. The van der Waals surface area contributed by atoms with Crippen molar-refractivity contribution in [3.05, 3.63) is 58.4 Å². The summed E-state index contributed by atoms with van der Waals surface area (Å²) in [7, 11) is 1.74. The number of nitrogens with zero attached hydrogens (tertiary/aromatic N) is 3. The number of carbonyl (C=O) groups excluding carboxylic acids is 2. The van der Waals surface area contributed by atoms with Gasteiger partial charge in [0.1, 0.15) is 5.15 Å². The summed E-state index contributed by atoms with van der Waals surface area (Å²) in [5.41, 5.74) is 7.63. The van der Waals surface area contributed by atoms with Gasteiger partial charge < -0.3 is 10.6 Å². The number of benzene rings is 1. The Morgan fingerprint density at radius 2 is 2.00 bits per heavy atom. The van der Waals surface area contributed by atoms with Crippen LogP contribution in [0.4, 0.5) is 0 Å². The van der Waals surface area contributed by atoms with E-state index in [1.54, 1.807) is 22.7 Å². The van der Waals surface area contributed by atoms with E-state index in [0.717, 1.165) is 11.3 Å². The molecule has 0 fully saturated rings. The van der Waals surface area contributed by atoms with Crippen LogP contribution in [0.1, 0.15) is 23.2 Å². The van der Waals surface area contributed by atoms with Gasteiger partial charge >= 0.3 is 0 Å². The van der Waals surface area contributed by atoms with E-state index in [9.17, 15) is 9.59 Å². The third-order valence-electron chi connectivity index (χ3n) is 3.74. The zero-order valence-corrected chi connectivity index (χ0v) is 15.0. The smallest absolute Gasteiger partial charge is 0.246 e. The lowest BCUT2D eigenvalue weighted by Gasteiger charge is -2.20. The Labute approximate surface area is 151 Å². The number of halogens is 1. The van der Waals surface area contributed by atoms with Gasteiger partial charge in [0.05, 0.1) is 5.69 Å². The SMILES string of the molecule is Cc1nn(C)c(Cl)c1/C=C/C(=O)N(CCC(N)=O)Cc1ccccc1. The molecule has 25 heavy (non-hydrogen) atoms. The lowest BCUT2D eigenvalue weighted by atomic mass is 10.2. The van der Waals surface area contributed by atoms with Crippen molar-refractivity contribution >= 4 is 29.5 Å². The van der Waals surface area contributed by atoms with Gasteiger partial charge in [0, 0.05) is 38.2 Å². The molecule has 0 aliphatic rings. The fourth-order valence-corrected chi connectivity index (χ4v) is 2.65. The second-order valence-corrected chi connectivity index (χ2v) is 6.07. The normalized spacial score (nSPS) is 11.0. The van der Waals surface area contributed by atoms with Gasteiger partial charge in [-0.25, -0.2) is 0 Å². The molecule has 0 aliphatic carbocycles. The molecule has 2 rings (SSSR count). The van der Waals surface area contributed by atoms with Crippen LogP contribution in [0.5, 0.6) is 0 Å². The summed E-state index contributed by atoms with van der Waals surface area (Å²) in [5, 5.41) is 4.67. The van der Waals surface area contributed by atoms with E-state index in [0.29, 0.717) is 17.3 Å². The molecule has 0 aliphatic heterocycles. The molecule has 0 saturated heterocycles. The zero-order valence-electron chi connectivity index (χ0n) is 14.3. The Balaban J connectivity index is 2.16. The summed E-state index contributed by atoms with van der Waals surface area (Å²) in [6.45, 7) is 2.48. The molecule has 0 unspecified atom stereocenters. The summed E-state index contributed by atoms with van der Waals surface area (Å²) in [6.07, 6.45) is 3.20. The minimum absolute atomic E-state index is 0.110. The maximum absolute atomic E-state index is 12.6. The third kappa shape index (κ3) is 5.19. The van der Waals surface area contributed by atoms with Crippen LogP contribution in [0.2, 0.25) is 5.15 Å². The number of rotatable bonds is 7. The van der Waals surface area contributed by atoms with Crippen LogP contribution >= 0.6 is 11.6 Å². The lowest BCUT2D eigenvalue weighted by molar-refractivity contribution is -0.127.